The Labute approximate surface area is 140 Å². The third kappa shape index (κ3) is 6.01. The minimum Gasteiger partial charge on any atom is -0.196 e. The van der Waals surface area contributed by atoms with Crippen LogP contribution in [0.5, 0.6) is 0 Å². The van der Waals surface area contributed by atoms with Crippen LogP contribution in [-0.2, 0) is 0 Å². The molecule has 0 spiro atoms. The fraction of sp³-hybridized carbons (Fsp3) is 1.00. The SMILES string of the molecule is CC(C)CC(CC(C)C)(CC(C)C)[C](C)(C)[Al]([Br])[Br]. The minimum absolute atomic E-state index is 0.381. The zero-order valence-corrected chi connectivity index (χ0v) is 18.5. The number of hydrogen-bond acceptors (Lipinski definition) is 0. The molecule has 0 unspecified atom stereocenters. The van der Waals surface area contributed by atoms with Gasteiger partial charge in [-0.2, -0.15) is 28.1 Å². The Bertz CT molecular complexity index is 231. The Balaban J connectivity index is 5.58. The zero-order valence-electron chi connectivity index (χ0n) is 14.2. The van der Waals surface area contributed by atoms with Crippen molar-refractivity contribution < 1.29 is 0 Å². The Kier molecular flexibility index (Phi) is 8.86. The standard InChI is InChI=1S/C16H33.Al.2BrH/c1-12(2)9-16(15(7)8,10-13(3)4)11-14(5)6;;;/h12-14H,9-11H2,1-8H3;;2*1H/q;+2;;/p-2. The summed E-state index contributed by atoms with van der Waals surface area (Å²) in [4.78, 5) is 0. The molecule has 0 aliphatic rings. The maximum Gasteiger partial charge on any atom is 0.462 e. The lowest BCUT2D eigenvalue weighted by molar-refractivity contribution is 0.0923. The quantitative estimate of drug-likeness (QED) is 0.371. The molecule has 0 bridgehead atoms. The van der Waals surface area contributed by atoms with Gasteiger partial charge in [0.05, 0.1) is 0 Å². The molecule has 0 aromatic carbocycles. The molecule has 0 nitrogen and oxygen atoms in total. The molecule has 0 aromatic heterocycles. The molecule has 0 aliphatic carbocycles. The fourth-order valence-corrected chi connectivity index (χ4v) is 7.35. The molecule has 0 saturated heterocycles. The highest BCUT2D eigenvalue weighted by molar-refractivity contribution is 9.49. The molecule has 3 heteroatoms. The van der Waals surface area contributed by atoms with Crippen molar-refractivity contribution in [1.82, 2.24) is 0 Å². The first-order chi connectivity index (χ1) is 8.44. The summed E-state index contributed by atoms with van der Waals surface area (Å²) in [6.45, 7) is 19.3. The van der Waals surface area contributed by atoms with Crippen molar-refractivity contribution in [3.63, 3.8) is 0 Å². The van der Waals surface area contributed by atoms with E-state index in [0.717, 1.165) is 17.8 Å². The molecular weight excluding hydrogens is 379 g/mol. The van der Waals surface area contributed by atoms with Crippen molar-refractivity contribution in [2.45, 2.75) is 78.9 Å². The first-order valence-electron chi connectivity index (χ1n) is 7.72. The lowest BCUT2D eigenvalue weighted by Crippen LogP contribution is -2.41. The lowest BCUT2D eigenvalue weighted by Gasteiger charge is -2.51. The molecule has 0 aromatic rings. The smallest absolute Gasteiger partial charge is 0.196 e. The molecule has 0 saturated carbocycles. The molecule has 0 radical (unpaired) electrons. The van der Waals surface area contributed by atoms with E-state index in [4.69, 9.17) is 0 Å². The van der Waals surface area contributed by atoms with Gasteiger partial charge in [0.2, 0.25) is 0 Å². The summed E-state index contributed by atoms with van der Waals surface area (Å²) in [6, 6.07) is 0. The molecule has 114 valence electrons. The van der Waals surface area contributed by atoms with Gasteiger partial charge in [-0.3, -0.25) is 0 Å². The third-order valence-electron chi connectivity index (χ3n) is 4.31. The predicted molar refractivity (Wildman–Crippen MR) is 98.4 cm³/mol. The summed E-state index contributed by atoms with van der Waals surface area (Å²) in [5.41, 5.74) is 0.452. The Morgan fingerprint density at radius 1 is 0.737 bits per heavy atom. The summed E-state index contributed by atoms with van der Waals surface area (Å²) < 4.78 is 0.381. The van der Waals surface area contributed by atoms with Gasteiger partial charge in [-0.25, -0.2) is 0 Å². The average molecular weight is 412 g/mol. The second-order valence-electron chi connectivity index (χ2n) is 8.10. The Hall–Kier alpha value is 1.49. The van der Waals surface area contributed by atoms with Gasteiger partial charge in [0.15, 0.2) is 0 Å². The van der Waals surface area contributed by atoms with Gasteiger partial charge in [0.25, 0.3) is 0 Å². The van der Waals surface area contributed by atoms with Crippen LogP contribution in [0.1, 0.15) is 74.7 Å². The summed E-state index contributed by atoms with van der Waals surface area (Å²) >= 11 is 7.91. The van der Waals surface area contributed by atoms with Crippen molar-refractivity contribution >= 4 is 38.6 Å². The summed E-state index contributed by atoms with van der Waals surface area (Å²) in [7, 11) is -1.06. The highest BCUT2D eigenvalue weighted by Crippen LogP contribution is 2.60. The molecule has 0 aliphatic heterocycles. The average Bonchev–Trinajstić information content (AvgIpc) is 2.12. The van der Waals surface area contributed by atoms with Gasteiger partial charge in [0, 0.05) is 0 Å². The molecule has 0 atom stereocenters. The third-order valence-corrected chi connectivity index (χ3v) is 12.9. The number of hydrogen-bond donors (Lipinski definition) is 0. The fourth-order valence-electron chi connectivity index (χ4n) is 3.62. The Morgan fingerprint density at radius 3 is 1.16 bits per heavy atom. The van der Waals surface area contributed by atoms with Gasteiger partial charge in [-0.1, -0.05) is 55.4 Å². The predicted octanol–water partition coefficient (Wildman–Crippen LogP) is 7.17. The molecule has 0 fully saturated rings. The molecular formula is C16H33AlBr2. The second-order valence-corrected chi connectivity index (χ2v) is 19.3. The summed E-state index contributed by atoms with van der Waals surface area (Å²) in [6.07, 6.45) is 4.03. The van der Waals surface area contributed by atoms with E-state index in [2.05, 4.69) is 83.5 Å². The first kappa shape index (κ1) is 20.5. The molecule has 19 heavy (non-hydrogen) atoms. The normalized spacial score (nSPS) is 13.7. The highest BCUT2D eigenvalue weighted by Gasteiger charge is 2.50. The van der Waals surface area contributed by atoms with Crippen LogP contribution in [0.2, 0.25) is 4.28 Å². The first-order valence-corrected chi connectivity index (χ1v) is 14.7. The largest absolute Gasteiger partial charge is 0.462 e. The van der Waals surface area contributed by atoms with Crippen LogP contribution in [0, 0.1) is 23.2 Å². The minimum atomic E-state index is -1.06. The van der Waals surface area contributed by atoms with E-state index < -0.39 is 10.5 Å². The van der Waals surface area contributed by atoms with Crippen LogP contribution in [-0.4, -0.2) is 10.5 Å². The second kappa shape index (κ2) is 8.21. The summed E-state index contributed by atoms with van der Waals surface area (Å²) in [5.74, 6) is 2.30. The highest BCUT2D eigenvalue weighted by atomic mass is 79.9. The lowest BCUT2D eigenvalue weighted by atomic mass is 9.62. The van der Waals surface area contributed by atoms with Crippen LogP contribution < -0.4 is 0 Å². The van der Waals surface area contributed by atoms with Gasteiger partial charge >= 0.3 is 10.5 Å². The molecule has 0 N–H and O–H groups in total. The molecule has 0 amide bonds. The molecule has 0 rings (SSSR count). The summed E-state index contributed by atoms with van der Waals surface area (Å²) in [5, 5.41) is 0. The molecule has 0 heterocycles. The maximum atomic E-state index is 3.96. The van der Waals surface area contributed by atoms with Crippen molar-refractivity contribution in [2.75, 3.05) is 0 Å². The van der Waals surface area contributed by atoms with E-state index in [-0.39, 0.29) is 0 Å². The van der Waals surface area contributed by atoms with Crippen LogP contribution in [0.3, 0.4) is 0 Å². The van der Waals surface area contributed by atoms with Crippen LogP contribution in [0.4, 0.5) is 0 Å². The number of halogens is 2. The Morgan fingerprint density at radius 2 is 1.00 bits per heavy atom. The van der Waals surface area contributed by atoms with Gasteiger partial charge in [-0.15, -0.1) is 0 Å². The van der Waals surface area contributed by atoms with Crippen molar-refractivity contribution in [1.29, 1.82) is 0 Å². The van der Waals surface area contributed by atoms with E-state index in [1.54, 1.807) is 0 Å². The van der Waals surface area contributed by atoms with Crippen molar-refractivity contribution in [3.8, 4) is 0 Å². The topological polar surface area (TPSA) is 0 Å². The zero-order chi connectivity index (χ0) is 15.4. The van der Waals surface area contributed by atoms with E-state index >= 15 is 0 Å². The van der Waals surface area contributed by atoms with Crippen molar-refractivity contribution in [2.24, 2.45) is 23.2 Å². The number of rotatable bonds is 8. The maximum absolute atomic E-state index is 3.96. The monoisotopic (exact) mass is 410 g/mol. The van der Waals surface area contributed by atoms with Gasteiger partial charge < -0.3 is 0 Å². The van der Waals surface area contributed by atoms with Crippen molar-refractivity contribution in [3.05, 3.63) is 0 Å². The van der Waals surface area contributed by atoms with Crippen LogP contribution >= 0.6 is 28.1 Å². The van der Waals surface area contributed by atoms with Gasteiger partial charge in [0.1, 0.15) is 0 Å². The van der Waals surface area contributed by atoms with E-state index in [1.807, 2.05) is 0 Å². The van der Waals surface area contributed by atoms with E-state index in [1.165, 1.54) is 19.3 Å². The van der Waals surface area contributed by atoms with Crippen LogP contribution in [0.15, 0.2) is 0 Å². The van der Waals surface area contributed by atoms with Crippen LogP contribution in [0.25, 0.3) is 0 Å². The van der Waals surface area contributed by atoms with Gasteiger partial charge in [-0.05, 0) is 46.7 Å². The van der Waals surface area contributed by atoms with E-state index in [0.29, 0.717) is 9.69 Å². The van der Waals surface area contributed by atoms with E-state index in [9.17, 15) is 0 Å².